The molecule has 1 aliphatic rings. The van der Waals surface area contributed by atoms with Crippen molar-refractivity contribution < 1.29 is 19.2 Å². The van der Waals surface area contributed by atoms with Gasteiger partial charge in [-0.05, 0) is 29.7 Å². The lowest BCUT2D eigenvalue weighted by Gasteiger charge is -2.26. The van der Waals surface area contributed by atoms with Crippen LogP contribution in [0.3, 0.4) is 0 Å². The highest BCUT2D eigenvalue weighted by atomic mass is 16.6. The number of nitro benzene ring substituents is 1. The number of carbonyl (C=O) groups excluding carboxylic acids is 2. The number of fused-ring (bicyclic) bond motifs is 1. The number of hydrogen-bond acceptors (Lipinski definition) is 5. The normalized spacial score (nSPS) is 15.4. The fourth-order valence-corrected chi connectivity index (χ4v) is 3.06. The Morgan fingerprint density at radius 3 is 2.54 bits per heavy atom. The first-order valence-electron chi connectivity index (χ1n) is 9.03. The van der Waals surface area contributed by atoms with Crippen LogP contribution in [0.5, 0.6) is 0 Å². The minimum absolute atomic E-state index is 0.0188. The highest BCUT2D eigenvalue weighted by Gasteiger charge is 2.21. The summed E-state index contributed by atoms with van der Waals surface area (Å²) in [6.45, 7) is 0.981. The van der Waals surface area contributed by atoms with E-state index in [2.05, 4.69) is 16.7 Å². The SMILES string of the molecule is O=C(CCC(=O)Nc1ccc([N+](=O)[O-])cc1)NCC1OCCc2ccccc21. The van der Waals surface area contributed by atoms with Gasteiger partial charge in [0.15, 0.2) is 0 Å². The predicted octanol–water partition coefficient (Wildman–Crippen LogP) is 2.74. The van der Waals surface area contributed by atoms with E-state index in [4.69, 9.17) is 4.74 Å². The number of amides is 2. The molecular formula is C20H21N3O5. The molecule has 28 heavy (non-hydrogen) atoms. The Bertz CT molecular complexity index is 866. The molecule has 1 heterocycles. The lowest BCUT2D eigenvalue weighted by molar-refractivity contribution is -0.384. The number of rotatable bonds is 7. The van der Waals surface area contributed by atoms with Gasteiger partial charge in [-0.3, -0.25) is 19.7 Å². The molecule has 8 heteroatoms. The maximum absolute atomic E-state index is 12.1. The van der Waals surface area contributed by atoms with Gasteiger partial charge in [0.25, 0.3) is 5.69 Å². The van der Waals surface area contributed by atoms with Gasteiger partial charge in [0, 0.05) is 37.2 Å². The Morgan fingerprint density at radius 1 is 1.07 bits per heavy atom. The average molecular weight is 383 g/mol. The molecule has 2 amide bonds. The maximum atomic E-state index is 12.1. The monoisotopic (exact) mass is 383 g/mol. The topological polar surface area (TPSA) is 111 Å². The Kier molecular flexibility index (Phi) is 6.33. The first-order valence-corrected chi connectivity index (χ1v) is 9.03. The first-order chi connectivity index (χ1) is 13.5. The molecule has 1 aliphatic heterocycles. The number of nitrogens with zero attached hydrogens (tertiary/aromatic N) is 1. The Hall–Kier alpha value is -3.26. The molecule has 1 atom stereocenters. The summed E-state index contributed by atoms with van der Waals surface area (Å²) >= 11 is 0. The molecule has 0 aliphatic carbocycles. The fraction of sp³-hybridized carbons (Fsp3) is 0.300. The smallest absolute Gasteiger partial charge is 0.269 e. The average Bonchev–Trinajstić information content (AvgIpc) is 2.71. The highest BCUT2D eigenvalue weighted by molar-refractivity contribution is 5.93. The molecule has 0 spiro atoms. The summed E-state index contributed by atoms with van der Waals surface area (Å²) in [5, 5.41) is 16.0. The summed E-state index contributed by atoms with van der Waals surface area (Å²) in [5.41, 5.74) is 2.72. The van der Waals surface area contributed by atoms with E-state index in [1.807, 2.05) is 18.2 Å². The summed E-state index contributed by atoms with van der Waals surface area (Å²) in [7, 11) is 0. The van der Waals surface area contributed by atoms with Crippen molar-refractivity contribution in [3.63, 3.8) is 0 Å². The van der Waals surface area contributed by atoms with Crippen molar-refractivity contribution in [3.8, 4) is 0 Å². The molecule has 2 N–H and O–H groups in total. The number of ether oxygens (including phenoxy) is 1. The lowest BCUT2D eigenvalue weighted by Crippen LogP contribution is -2.32. The second-order valence-electron chi connectivity index (χ2n) is 6.46. The molecule has 2 aromatic carbocycles. The van der Waals surface area contributed by atoms with Crippen LogP contribution in [-0.4, -0.2) is 29.9 Å². The summed E-state index contributed by atoms with van der Waals surface area (Å²) < 4.78 is 5.74. The van der Waals surface area contributed by atoms with Crippen LogP contribution in [0.1, 0.15) is 30.1 Å². The fourth-order valence-electron chi connectivity index (χ4n) is 3.06. The van der Waals surface area contributed by atoms with E-state index in [0.29, 0.717) is 18.8 Å². The van der Waals surface area contributed by atoms with Crippen LogP contribution in [0.2, 0.25) is 0 Å². The highest BCUT2D eigenvalue weighted by Crippen LogP contribution is 2.26. The molecule has 0 saturated heterocycles. The largest absolute Gasteiger partial charge is 0.371 e. The number of carbonyl (C=O) groups is 2. The second kappa shape index (κ2) is 9.09. The van der Waals surface area contributed by atoms with E-state index in [0.717, 1.165) is 12.0 Å². The number of nitro groups is 1. The molecule has 0 aromatic heterocycles. The van der Waals surface area contributed by atoms with E-state index >= 15 is 0 Å². The van der Waals surface area contributed by atoms with E-state index < -0.39 is 4.92 Å². The zero-order valence-electron chi connectivity index (χ0n) is 15.2. The van der Waals surface area contributed by atoms with Crippen molar-refractivity contribution in [1.29, 1.82) is 0 Å². The molecule has 8 nitrogen and oxygen atoms in total. The van der Waals surface area contributed by atoms with Gasteiger partial charge < -0.3 is 15.4 Å². The lowest BCUT2D eigenvalue weighted by atomic mass is 9.97. The minimum Gasteiger partial charge on any atom is -0.371 e. The van der Waals surface area contributed by atoms with Crippen LogP contribution in [-0.2, 0) is 20.7 Å². The number of nitrogens with one attached hydrogen (secondary N) is 2. The van der Waals surface area contributed by atoms with E-state index in [9.17, 15) is 19.7 Å². The molecular weight excluding hydrogens is 362 g/mol. The van der Waals surface area contributed by atoms with Crippen LogP contribution in [0, 0.1) is 10.1 Å². The zero-order valence-corrected chi connectivity index (χ0v) is 15.2. The third kappa shape index (κ3) is 5.14. The second-order valence-corrected chi connectivity index (χ2v) is 6.46. The van der Waals surface area contributed by atoms with Gasteiger partial charge in [-0.2, -0.15) is 0 Å². The number of anilines is 1. The van der Waals surface area contributed by atoms with Crippen LogP contribution in [0.15, 0.2) is 48.5 Å². The number of hydrogen-bond donors (Lipinski definition) is 2. The minimum atomic E-state index is -0.510. The number of benzene rings is 2. The van der Waals surface area contributed by atoms with Gasteiger partial charge in [0.05, 0.1) is 11.5 Å². The standard InChI is InChI=1S/C20H21N3O5/c24-19(21-13-18-17-4-2-1-3-14(17)11-12-28-18)9-10-20(25)22-15-5-7-16(8-6-15)23(26)27/h1-8,18H,9-13H2,(H,21,24)(H,22,25). The summed E-state index contributed by atoms with van der Waals surface area (Å²) in [4.78, 5) is 34.1. The molecule has 3 rings (SSSR count). The maximum Gasteiger partial charge on any atom is 0.269 e. The third-order valence-electron chi connectivity index (χ3n) is 4.52. The summed E-state index contributed by atoms with van der Waals surface area (Å²) in [6, 6.07) is 13.5. The van der Waals surface area contributed by atoms with Crippen LogP contribution >= 0.6 is 0 Å². The molecule has 1 unspecified atom stereocenters. The quantitative estimate of drug-likeness (QED) is 0.564. The van der Waals surface area contributed by atoms with Crippen LogP contribution < -0.4 is 10.6 Å². The van der Waals surface area contributed by atoms with Gasteiger partial charge in [-0.15, -0.1) is 0 Å². The van der Waals surface area contributed by atoms with Crippen LogP contribution in [0.4, 0.5) is 11.4 Å². The summed E-state index contributed by atoms with van der Waals surface area (Å²) in [6.07, 6.45) is 0.754. The van der Waals surface area contributed by atoms with Crippen molar-refractivity contribution in [3.05, 3.63) is 69.8 Å². The first kappa shape index (κ1) is 19.5. The van der Waals surface area contributed by atoms with Crippen molar-refractivity contribution in [2.75, 3.05) is 18.5 Å². The van der Waals surface area contributed by atoms with Crippen molar-refractivity contribution in [2.24, 2.45) is 0 Å². The Morgan fingerprint density at radius 2 is 1.79 bits per heavy atom. The molecule has 0 saturated carbocycles. The van der Waals surface area contributed by atoms with E-state index in [-0.39, 0.29) is 36.4 Å². The number of non-ortho nitro benzene ring substituents is 1. The Balaban J connectivity index is 1.42. The van der Waals surface area contributed by atoms with Gasteiger partial charge >= 0.3 is 0 Å². The Labute approximate surface area is 162 Å². The zero-order chi connectivity index (χ0) is 19.9. The van der Waals surface area contributed by atoms with Gasteiger partial charge in [0.1, 0.15) is 6.10 Å². The molecule has 0 bridgehead atoms. The third-order valence-corrected chi connectivity index (χ3v) is 4.52. The van der Waals surface area contributed by atoms with Gasteiger partial charge in [-0.25, -0.2) is 0 Å². The van der Waals surface area contributed by atoms with Crippen molar-refractivity contribution >= 4 is 23.2 Å². The molecule has 2 aromatic rings. The molecule has 0 radical (unpaired) electrons. The molecule has 146 valence electrons. The van der Waals surface area contributed by atoms with Gasteiger partial charge in [0.2, 0.25) is 11.8 Å². The van der Waals surface area contributed by atoms with E-state index in [1.165, 1.54) is 29.8 Å². The van der Waals surface area contributed by atoms with Crippen molar-refractivity contribution in [1.82, 2.24) is 5.32 Å². The molecule has 0 fully saturated rings. The summed E-state index contributed by atoms with van der Waals surface area (Å²) in [5.74, 6) is -0.561. The van der Waals surface area contributed by atoms with Crippen molar-refractivity contribution in [2.45, 2.75) is 25.4 Å². The van der Waals surface area contributed by atoms with E-state index in [1.54, 1.807) is 0 Å². The van der Waals surface area contributed by atoms with Crippen LogP contribution in [0.25, 0.3) is 0 Å². The van der Waals surface area contributed by atoms with Gasteiger partial charge in [-0.1, -0.05) is 24.3 Å². The predicted molar refractivity (Wildman–Crippen MR) is 103 cm³/mol.